The van der Waals surface area contributed by atoms with Gasteiger partial charge in [0.15, 0.2) is 0 Å². The predicted molar refractivity (Wildman–Crippen MR) is 87.9 cm³/mol. The van der Waals surface area contributed by atoms with Crippen LogP contribution in [0.1, 0.15) is 25.7 Å². The Labute approximate surface area is 134 Å². The fraction of sp³-hybridized carbons (Fsp3) is 0.353. The van der Waals surface area contributed by atoms with Crippen molar-refractivity contribution in [1.82, 2.24) is 19.6 Å². The number of aliphatic hydroxyl groups is 1. The van der Waals surface area contributed by atoms with Gasteiger partial charge in [-0.25, -0.2) is 15.0 Å². The van der Waals surface area contributed by atoms with E-state index >= 15 is 0 Å². The highest BCUT2D eigenvalue weighted by Crippen LogP contribution is 2.28. The van der Waals surface area contributed by atoms with Crippen LogP contribution in [0.25, 0.3) is 10.9 Å². The second-order valence-electron chi connectivity index (χ2n) is 5.95. The summed E-state index contributed by atoms with van der Waals surface area (Å²) in [5, 5.41) is 13.1. The van der Waals surface area contributed by atoms with Crippen LogP contribution in [0.2, 0.25) is 0 Å². The lowest BCUT2D eigenvalue weighted by Crippen LogP contribution is -2.43. The van der Waals surface area contributed by atoms with E-state index in [1.807, 2.05) is 24.5 Å². The minimum Gasteiger partial charge on any atom is -0.393 e. The molecule has 1 aliphatic carbocycles. The monoisotopic (exact) mass is 309 g/mol. The lowest BCUT2D eigenvalue weighted by molar-refractivity contribution is 0.120. The Bertz CT molecular complexity index is 780. The summed E-state index contributed by atoms with van der Waals surface area (Å²) in [6, 6.07) is 6.15. The largest absolute Gasteiger partial charge is 0.393 e. The molecule has 0 atom stereocenters. The van der Waals surface area contributed by atoms with Crippen LogP contribution in [0, 0.1) is 0 Å². The van der Waals surface area contributed by atoms with E-state index in [4.69, 9.17) is 0 Å². The van der Waals surface area contributed by atoms with Gasteiger partial charge in [-0.05, 0) is 43.9 Å². The van der Waals surface area contributed by atoms with Gasteiger partial charge in [-0.3, -0.25) is 9.66 Å². The fourth-order valence-electron chi connectivity index (χ4n) is 3.30. The molecule has 6 nitrogen and oxygen atoms in total. The minimum atomic E-state index is -0.185. The molecule has 0 radical (unpaired) electrons. The number of aromatic nitrogens is 4. The van der Waals surface area contributed by atoms with Crippen LogP contribution >= 0.6 is 0 Å². The van der Waals surface area contributed by atoms with Crippen LogP contribution in [0.15, 0.2) is 49.2 Å². The molecule has 0 amide bonds. The molecular weight excluding hydrogens is 290 g/mol. The molecule has 3 aromatic heterocycles. The Hall–Kier alpha value is -2.47. The molecule has 0 saturated heterocycles. The van der Waals surface area contributed by atoms with Crippen molar-refractivity contribution in [2.45, 2.75) is 37.8 Å². The zero-order valence-corrected chi connectivity index (χ0v) is 12.8. The molecule has 1 N–H and O–H groups in total. The van der Waals surface area contributed by atoms with Crippen LogP contribution in [-0.4, -0.2) is 36.9 Å². The number of rotatable bonds is 3. The number of fused-ring (bicyclic) bond motifs is 1. The molecular formula is C17H19N5O. The summed E-state index contributed by atoms with van der Waals surface area (Å²) in [5.74, 6) is 0.684. The van der Waals surface area contributed by atoms with Gasteiger partial charge in [0.25, 0.3) is 0 Å². The summed E-state index contributed by atoms with van der Waals surface area (Å²) in [7, 11) is 0. The molecule has 4 rings (SSSR count). The first-order chi connectivity index (χ1) is 11.3. The maximum absolute atomic E-state index is 9.82. The second-order valence-corrected chi connectivity index (χ2v) is 5.95. The van der Waals surface area contributed by atoms with E-state index in [1.165, 1.54) is 0 Å². The Balaban J connectivity index is 1.79. The lowest BCUT2D eigenvalue weighted by atomic mass is 9.93. The smallest absolute Gasteiger partial charge is 0.245 e. The molecule has 6 heteroatoms. The maximum atomic E-state index is 9.82. The Morgan fingerprint density at radius 2 is 1.83 bits per heavy atom. The molecule has 23 heavy (non-hydrogen) atoms. The molecule has 0 aromatic carbocycles. The van der Waals surface area contributed by atoms with Crippen LogP contribution in [0.4, 0.5) is 5.95 Å². The number of pyridine rings is 1. The molecule has 0 bridgehead atoms. The number of nitrogens with zero attached hydrogens (tertiary/aromatic N) is 5. The molecule has 3 heterocycles. The number of hydrogen-bond donors (Lipinski definition) is 1. The van der Waals surface area contributed by atoms with Crippen molar-refractivity contribution in [1.29, 1.82) is 0 Å². The molecule has 118 valence electrons. The molecule has 0 spiro atoms. The van der Waals surface area contributed by atoms with E-state index in [2.05, 4.69) is 30.7 Å². The fourth-order valence-corrected chi connectivity index (χ4v) is 3.30. The summed E-state index contributed by atoms with van der Waals surface area (Å²) >= 11 is 0. The van der Waals surface area contributed by atoms with Crippen molar-refractivity contribution in [3.8, 4) is 0 Å². The zero-order chi connectivity index (χ0) is 15.6. The normalized spacial score (nSPS) is 21.4. The molecule has 1 saturated carbocycles. The van der Waals surface area contributed by atoms with Gasteiger partial charge in [-0.2, -0.15) is 0 Å². The third-order valence-corrected chi connectivity index (χ3v) is 4.47. The third kappa shape index (κ3) is 2.66. The first-order valence-corrected chi connectivity index (χ1v) is 7.98. The standard InChI is InChI=1S/C17H19N5O/c23-15-4-2-14(3-5-15)22(17-19-8-1-9-20-17)21-11-7-13-12-18-10-6-16(13)21/h1,6-12,14-15,23H,2-5H2. The maximum Gasteiger partial charge on any atom is 0.245 e. The lowest BCUT2D eigenvalue weighted by Gasteiger charge is -2.36. The Morgan fingerprint density at radius 3 is 2.61 bits per heavy atom. The molecule has 0 unspecified atom stereocenters. The van der Waals surface area contributed by atoms with Gasteiger partial charge >= 0.3 is 0 Å². The summed E-state index contributed by atoms with van der Waals surface area (Å²) in [6.07, 6.45) is 12.5. The number of hydrogen-bond acceptors (Lipinski definition) is 5. The van der Waals surface area contributed by atoms with E-state index in [-0.39, 0.29) is 12.1 Å². The molecule has 1 aliphatic rings. The van der Waals surface area contributed by atoms with Crippen LogP contribution in [0.5, 0.6) is 0 Å². The van der Waals surface area contributed by atoms with E-state index in [9.17, 15) is 5.11 Å². The Kier molecular flexibility index (Phi) is 3.67. The van der Waals surface area contributed by atoms with Gasteiger partial charge in [0.2, 0.25) is 5.95 Å². The molecule has 1 fully saturated rings. The molecule has 0 aliphatic heterocycles. The highest BCUT2D eigenvalue weighted by molar-refractivity contribution is 5.79. The average molecular weight is 309 g/mol. The van der Waals surface area contributed by atoms with Crippen molar-refractivity contribution < 1.29 is 5.11 Å². The van der Waals surface area contributed by atoms with E-state index in [1.54, 1.807) is 18.6 Å². The van der Waals surface area contributed by atoms with Gasteiger partial charge in [0.05, 0.1) is 17.7 Å². The van der Waals surface area contributed by atoms with Crippen LogP contribution < -0.4 is 5.01 Å². The van der Waals surface area contributed by atoms with Crippen molar-refractivity contribution in [2.24, 2.45) is 0 Å². The Morgan fingerprint density at radius 1 is 1.04 bits per heavy atom. The SMILES string of the molecule is OC1CCC(N(c2ncccn2)n2ccc3cnccc32)CC1. The number of anilines is 1. The van der Waals surface area contributed by atoms with E-state index in [0.29, 0.717) is 5.95 Å². The first kappa shape index (κ1) is 14.1. The summed E-state index contributed by atoms with van der Waals surface area (Å²) in [6.45, 7) is 0. The second kappa shape index (κ2) is 5.96. The summed E-state index contributed by atoms with van der Waals surface area (Å²) < 4.78 is 2.11. The van der Waals surface area contributed by atoms with Crippen molar-refractivity contribution in [3.63, 3.8) is 0 Å². The van der Waals surface area contributed by atoms with Gasteiger partial charge < -0.3 is 5.11 Å². The van der Waals surface area contributed by atoms with Gasteiger partial charge in [0.1, 0.15) is 0 Å². The van der Waals surface area contributed by atoms with Gasteiger partial charge in [0, 0.05) is 36.4 Å². The predicted octanol–water partition coefficient (Wildman–Crippen LogP) is 2.40. The van der Waals surface area contributed by atoms with Crippen molar-refractivity contribution >= 4 is 16.9 Å². The topological polar surface area (TPSA) is 67.1 Å². The van der Waals surface area contributed by atoms with Crippen LogP contribution in [-0.2, 0) is 0 Å². The summed E-state index contributed by atoms with van der Waals surface area (Å²) in [4.78, 5) is 13.1. The molecule has 3 aromatic rings. The zero-order valence-electron chi connectivity index (χ0n) is 12.8. The minimum absolute atomic E-state index is 0.185. The first-order valence-electron chi connectivity index (χ1n) is 7.98. The van der Waals surface area contributed by atoms with Crippen LogP contribution in [0.3, 0.4) is 0 Å². The summed E-state index contributed by atoms with van der Waals surface area (Å²) in [5.41, 5.74) is 1.08. The van der Waals surface area contributed by atoms with Gasteiger partial charge in [-0.15, -0.1) is 0 Å². The number of aliphatic hydroxyl groups excluding tert-OH is 1. The average Bonchev–Trinajstić information content (AvgIpc) is 3.02. The highest BCUT2D eigenvalue weighted by Gasteiger charge is 2.28. The third-order valence-electron chi connectivity index (χ3n) is 4.47. The van der Waals surface area contributed by atoms with E-state index < -0.39 is 0 Å². The van der Waals surface area contributed by atoms with Gasteiger partial charge in [-0.1, -0.05) is 0 Å². The van der Waals surface area contributed by atoms with Crippen molar-refractivity contribution in [3.05, 3.63) is 49.2 Å². The quantitative estimate of drug-likeness (QED) is 0.804. The highest BCUT2D eigenvalue weighted by atomic mass is 16.3. The van der Waals surface area contributed by atoms with Crippen molar-refractivity contribution in [2.75, 3.05) is 5.01 Å². The van der Waals surface area contributed by atoms with E-state index in [0.717, 1.165) is 36.6 Å².